The first kappa shape index (κ1) is 12.3. The van der Waals surface area contributed by atoms with Crippen LogP contribution >= 0.6 is 11.8 Å². The minimum Gasteiger partial charge on any atom is -0.375 e. The minimum absolute atomic E-state index is 0.554. The van der Waals surface area contributed by atoms with E-state index in [-0.39, 0.29) is 0 Å². The highest BCUT2D eigenvalue weighted by molar-refractivity contribution is 7.99. The van der Waals surface area contributed by atoms with Crippen molar-refractivity contribution in [3.63, 3.8) is 0 Å². The van der Waals surface area contributed by atoms with Crippen LogP contribution in [0.1, 0.15) is 25.7 Å². The first-order chi connectivity index (χ1) is 8.93. The molecule has 3 aliphatic rings. The normalized spacial score (nSPS) is 28.7. The van der Waals surface area contributed by atoms with Crippen LogP contribution < -0.4 is 10.6 Å². The standard InChI is InChI=1S/C7H13NO.C7H7NS/c2*1-2-4-7-6(3-1)8-5-9-7/h6-8H,1-5H2;1-4,8H,5H2. The Morgan fingerprint density at radius 3 is 2.94 bits per heavy atom. The van der Waals surface area contributed by atoms with E-state index in [4.69, 9.17) is 4.74 Å². The average molecular weight is 264 g/mol. The third-order valence-corrected chi connectivity index (χ3v) is 4.68. The molecule has 2 aliphatic heterocycles. The fourth-order valence-electron chi connectivity index (χ4n) is 2.72. The van der Waals surface area contributed by atoms with Crippen LogP contribution in [-0.4, -0.2) is 24.8 Å². The van der Waals surface area contributed by atoms with Gasteiger partial charge in [-0.1, -0.05) is 25.0 Å². The van der Waals surface area contributed by atoms with Crippen molar-refractivity contribution in [2.24, 2.45) is 0 Å². The monoisotopic (exact) mass is 264 g/mol. The topological polar surface area (TPSA) is 33.3 Å². The van der Waals surface area contributed by atoms with Gasteiger partial charge in [0.05, 0.1) is 18.7 Å². The van der Waals surface area contributed by atoms with E-state index in [0.717, 1.165) is 12.6 Å². The average Bonchev–Trinajstić information content (AvgIpc) is 3.08. The van der Waals surface area contributed by atoms with Crippen LogP contribution in [0.25, 0.3) is 0 Å². The molecular formula is C14H20N2OS. The molecular weight excluding hydrogens is 244 g/mol. The van der Waals surface area contributed by atoms with Gasteiger partial charge in [-0.25, -0.2) is 0 Å². The summed E-state index contributed by atoms with van der Waals surface area (Å²) in [5, 5.41) is 6.60. The maximum atomic E-state index is 5.45. The van der Waals surface area contributed by atoms with Gasteiger partial charge in [-0.2, -0.15) is 0 Å². The second kappa shape index (κ2) is 5.95. The lowest BCUT2D eigenvalue weighted by Crippen LogP contribution is -2.33. The predicted molar refractivity (Wildman–Crippen MR) is 75.9 cm³/mol. The number of thioether (sulfide) groups is 1. The number of benzene rings is 1. The molecule has 0 radical (unpaired) electrons. The van der Waals surface area contributed by atoms with Gasteiger partial charge < -0.3 is 10.1 Å². The quantitative estimate of drug-likeness (QED) is 0.754. The number of para-hydroxylation sites is 1. The van der Waals surface area contributed by atoms with E-state index in [1.165, 1.54) is 36.3 Å². The van der Waals surface area contributed by atoms with Crippen LogP contribution in [0.3, 0.4) is 0 Å². The van der Waals surface area contributed by atoms with Crippen molar-refractivity contribution in [1.29, 1.82) is 0 Å². The largest absolute Gasteiger partial charge is 0.375 e. The number of hydrogen-bond donors (Lipinski definition) is 2. The molecule has 0 amide bonds. The van der Waals surface area contributed by atoms with Gasteiger partial charge in [0.2, 0.25) is 0 Å². The third-order valence-electron chi connectivity index (χ3n) is 3.72. The van der Waals surface area contributed by atoms with Crippen molar-refractivity contribution < 1.29 is 4.74 Å². The number of rotatable bonds is 0. The molecule has 1 aliphatic carbocycles. The van der Waals surface area contributed by atoms with E-state index >= 15 is 0 Å². The molecule has 1 saturated carbocycles. The van der Waals surface area contributed by atoms with Gasteiger partial charge in [-0.15, -0.1) is 11.8 Å². The van der Waals surface area contributed by atoms with Crippen LogP contribution in [0.15, 0.2) is 29.2 Å². The molecule has 2 atom stereocenters. The summed E-state index contributed by atoms with van der Waals surface area (Å²) >= 11 is 1.86. The molecule has 4 heteroatoms. The Hall–Kier alpha value is -0.710. The van der Waals surface area contributed by atoms with E-state index in [0.29, 0.717) is 12.1 Å². The van der Waals surface area contributed by atoms with Crippen molar-refractivity contribution in [2.75, 3.05) is 17.9 Å². The van der Waals surface area contributed by atoms with Crippen LogP contribution in [0.5, 0.6) is 0 Å². The van der Waals surface area contributed by atoms with Crippen LogP contribution in [0.2, 0.25) is 0 Å². The lowest BCUT2D eigenvalue weighted by atomic mass is 9.93. The molecule has 4 rings (SSSR count). The summed E-state index contributed by atoms with van der Waals surface area (Å²) in [6.45, 7) is 0.787. The fourth-order valence-corrected chi connectivity index (χ4v) is 3.58. The van der Waals surface area contributed by atoms with Crippen molar-refractivity contribution in [3.8, 4) is 0 Å². The second-order valence-corrected chi connectivity index (χ2v) is 5.92. The van der Waals surface area contributed by atoms with E-state index in [2.05, 4.69) is 34.9 Å². The molecule has 2 unspecified atom stereocenters. The van der Waals surface area contributed by atoms with Crippen molar-refractivity contribution in [3.05, 3.63) is 24.3 Å². The molecule has 0 bridgehead atoms. The summed E-state index contributed by atoms with van der Waals surface area (Å²) in [5.74, 6) is 1.03. The first-order valence-electron chi connectivity index (χ1n) is 6.74. The lowest BCUT2D eigenvalue weighted by molar-refractivity contribution is 0.0823. The summed E-state index contributed by atoms with van der Waals surface area (Å²) in [6.07, 6.45) is 5.90. The number of ether oxygens (including phenoxy) is 1. The number of nitrogens with one attached hydrogen (secondary N) is 2. The maximum Gasteiger partial charge on any atom is 0.0972 e. The number of fused-ring (bicyclic) bond motifs is 2. The molecule has 1 aromatic rings. The Morgan fingerprint density at radius 2 is 2.06 bits per heavy atom. The van der Waals surface area contributed by atoms with Gasteiger partial charge in [0.25, 0.3) is 0 Å². The molecule has 98 valence electrons. The number of hydrogen-bond acceptors (Lipinski definition) is 4. The highest BCUT2D eigenvalue weighted by Crippen LogP contribution is 2.32. The lowest BCUT2D eigenvalue weighted by Gasteiger charge is -2.22. The molecule has 1 saturated heterocycles. The Morgan fingerprint density at radius 1 is 1.17 bits per heavy atom. The van der Waals surface area contributed by atoms with E-state index in [1.807, 2.05) is 11.8 Å². The molecule has 2 fully saturated rings. The summed E-state index contributed by atoms with van der Waals surface area (Å²) in [4.78, 5) is 1.37. The third kappa shape index (κ3) is 2.82. The maximum absolute atomic E-state index is 5.45. The van der Waals surface area contributed by atoms with Gasteiger partial charge in [-0.3, -0.25) is 5.32 Å². The van der Waals surface area contributed by atoms with Crippen molar-refractivity contribution >= 4 is 17.4 Å². The number of anilines is 1. The molecule has 2 heterocycles. The SMILES string of the molecule is C1CCC2OCNC2C1.c1ccc2c(c1)NCS2. The zero-order chi connectivity index (χ0) is 12.2. The van der Waals surface area contributed by atoms with Gasteiger partial charge in [-0.05, 0) is 25.0 Å². The van der Waals surface area contributed by atoms with E-state index in [1.54, 1.807) is 0 Å². The summed E-state index contributed by atoms with van der Waals surface area (Å²) in [7, 11) is 0. The molecule has 0 spiro atoms. The summed E-state index contributed by atoms with van der Waals surface area (Å²) < 4.78 is 5.45. The van der Waals surface area contributed by atoms with Crippen LogP contribution in [0.4, 0.5) is 5.69 Å². The minimum atomic E-state index is 0.554. The Bertz CT molecular complexity index is 364. The zero-order valence-electron chi connectivity index (χ0n) is 10.5. The molecule has 1 aromatic carbocycles. The van der Waals surface area contributed by atoms with Gasteiger partial charge in [0.1, 0.15) is 0 Å². The van der Waals surface area contributed by atoms with E-state index < -0.39 is 0 Å². The molecule has 18 heavy (non-hydrogen) atoms. The van der Waals surface area contributed by atoms with Crippen LogP contribution in [-0.2, 0) is 4.74 Å². The Labute approximate surface area is 113 Å². The van der Waals surface area contributed by atoms with Crippen LogP contribution in [0, 0.1) is 0 Å². The highest BCUT2D eigenvalue weighted by Gasteiger charge is 2.29. The highest BCUT2D eigenvalue weighted by atomic mass is 32.2. The molecule has 3 nitrogen and oxygen atoms in total. The zero-order valence-corrected chi connectivity index (χ0v) is 11.3. The van der Waals surface area contributed by atoms with Gasteiger partial charge in [0.15, 0.2) is 0 Å². The summed E-state index contributed by atoms with van der Waals surface area (Å²) in [5.41, 5.74) is 1.28. The van der Waals surface area contributed by atoms with E-state index in [9.17, 15) is 0 Å². The first-order valence-corrected chi connectivity index (χ1v) is 7.73. The predicted octanol–water partition coefficient (Wildman–Crippen LogP) is 3.04. The smallest absolute Gasteiger partial charge is 0.0972 e. The Balaban J connectivity index is 0.000000111. The fraction of sp³-hybridized carbons (Fsp3) is 0.571. The molecule has 0 aromatic heterocycles. The van der Waals surface area contributed by atoms with Crippen molar-refractivity contribution in [2.45, 2.75) is 42.7 Å². The summed E-state index contributed by atoms with van der Waals surface area (Å²) in [6, 6.07) is 9.06. The van der Waals surface area contributed by atoms with Gasteiger partial charge >= 0.3 is 0 Å². The molecule has 2 N–H and O–H groups in total. The second-order valence-electron chi connectivity index (χ2n) is 4.91. The Kier molecular flexibility index (Phi) is 4.08. The van der Waals surface area contributed by atoms with Crippen molar-refractivity contribution in [1.82, 2.24) is 5.32 Å². The van der Waals surface area contributed by atoms with Gasteiger partial charge in [0, 0.05) is 16.6 Å².